The van der Waals surface area contributed by atoms with Crippen LogP contribution in [0.15, 0.2) is 48.7 Å². The van der Waals surface area contributed by atoms with E-state index in [1.807, 2.05) is 0 Å². The summed E-state index contributed by atoms with van der Waals surface area (Å²) in [4.78, 5) is 27.8. The van der Waals surface area contributed by atoms with Gasteiger partial charge in [-0.1, -0.05) is 35.9 Å². The van der Waals surface area contributed by atoms with Gasteiger partial charge in [0, 0.05) is 11.2 Å². The summed E-state index contributed by atoms with van der Waals surface area (Å²) in [6.07, 6.45) is 1.51. The van der Waals surface area contributed by atoms with Gasteiger partial charge < -0.3 is 10.1 Å². The van der Waals surface area contributed by atoms with Crippen molar-refractivity contribution in [2.45, 2.75) is 12.5 Å². The topological polar surface area (TPSA) is 68.3 Å². The first-order chi connectivity index (χ1) is 10.6. The Balaban J connectivity index is 2.23. The van der Waals surface area contributed by atoms with Crippen LogP contribution in [0.25, 0.3) is 0 Å². The molecule has 0 aliphatic heterocycles. The molecule has 5 nitrogen and oxygen atoms in total. The van der Waals surface area contributed by atoms with Crippen LogP contribution in [0.1, 0.15) is 28.5 Å². The third-order valence-corrected chi connectivity index (χ3v) is 3.43. The van der Waals surface area contributed by atoms with E-state index in [2.05, 4.69) is 15.0 Å². The first kappa shape index (κ1) is 16.0. The maximum atomic E-state index is 12.2. The zero-order valence-corrected chi connectivity index (χ0v) is 12.7. The van der Waals surface area contributed by atoms with Crippen LogP contribution in [-0.4, -0.2) is 24.0 Å². The number of ether oxygens (including phenoxy) is 1. The minimum absolute atomic E-state index is 0.0151. The van der Waals surface area contributed by atoms with Crippen molar-refractivity contribution in [3.8, 4) is 0 Å². The highest BCUT2D eigenvalue weighted by Crippen LogP contribution is 2.25. The first-order valence-corrected chi connectivity index (χ1v) is 7.02. The quantitative estimate of drug-likeness (QED) is 0.861. The van der Waals surface area contributed by atoms with Crippen molar-refractivity contribution in [3.05, 3.63) is 64.9 Å². The molecule has 2 rings (SSSR count). The van der Waals surface area contributed by atoms with Gasteiger partial charge in [0.2, 0.25) is 0 Å². The molecule has 0 fully saturated rings. The summed E-state index contributed by atoms with van der Waals surface area (Å²) in [5.74, 6) is -0.819. The Bertz CT molecular complexity index is 661. The summed E-state index contributed by atoms with van der Waals surface area (Å²) in [5, 5.41) is 3.24. The Labute approximate surface area is 133 Å². The summed E-state index contributed by atoms with van der Waals surface area (Å²) in [6, 6.07) is 11.5. The number of carbonyl (C=O) groups excluding carboxylic acids is 2. The second kappa shape index (κ2) is 7.56. The van der Waals surface area contributed by atoms with Crippen LogP contribution in [0.5, 0.6) is 0 Å². The van der Waals surface area contributed by atoms with E-state index in [9.17, 15) is 9.59 Å². The molecule has 114 valence electrons. The molecule has 6 heteroatoms. The van der Waals surface area contributed by atoms with Gasteiger partial charge in [0.25, 0.3) is 5.91 Å². The molecule has 1 amide bonds. The van der Waals surface area contributed by atoms with Crippen molar-refractivity contribution in [3.63, 3.8) is 0 Å². The lowest BCUT2D eigenvalue weighted by atomic mass is 10.0. The summed E-state index contributed by atoms with van der Waals surface area (Å²) >= 11 is 6.16. The highest BCUT2D eigenvalue weighted by molar-refractivity contribution is 6.31. The zero-order valence-electron chi connectivity index (χ0n) is 12.0. The fourth-order valence-corrected chi connectivity index (χ4v) is 2.24. The van der Waals surface area contributed by atoms with Crippen LogP contribution in [0.3, 0.4) is 0 Å². The minimum Gasteiger partial charge on any atom is -0.469 e. The van der Waals surface area contributed by atoms with Gasteiger partial charge in [-0.05, 0) is 23.8 Å². The minimum atomic E-state index is -0.587. The predicted molar refractivity (Wildman–Crippen MR) is 82.5 cm³/mol. The van der Waals surface area contributed by atoms with Crippen LogP contribution in [0.4, 0.5) is 0 Å². The molecule has 0 saturated heterocycles. The number of esters is 1. The molecule has 0 spiro atoms. The Hall–Kier alpha value is -2.40. The van der Waals surface area contributed by atoms with Gasteiger partial charge in [0.05, 0.1) is 19.6 Å². The van der Waals surface area contributed by atoms with Crippen molar-refractivity contribution in [2.75, 3.05) is 7.11 Å². The molecule has 2 aromatic rings. The van der Waals surface area contributed by atoms with E-state index in [1.54, 1.807) is 42.5 Å². The predicted octanol–water partition coefficient (Wildman–Crippen LogP) is 2.77. The lowest BCUT2D eigenvalue weighted by Crippen LogP contribution is -2.31. The van der Waals surface area contributed by atoms with Crippen LogP contribution in [0, 0.1) is 0 Å². The molecule has 0 bridgehead atoms. The van der Waals surface area contributed by atoms with Crippen LogP contribution >= 0.6 is 11.6 Å². The molecule has 22 heavy (non-hydrogen) atoms. The van der Waals surface area contributed by atoms with Gasteiger partial charge in [-0.2, -0.15) is 0 Å². The molecule has 1 N–H and O–H groups in total. The van der Waals surface area contributed by atoms with Crippen LogP contribution in [-0.2, 0) is 9.53 Å². The van der Waals surface area contributed by atoms with E-state index in [0.717, 1.165) is 0 Å². The molecule has 1 heterocycles. The van der Waals surface area contributed by atoms with E-state index in [0.29, 0.717) is 10.6 Å². The molecular formula is C16H15ClN2O3. The number of nitrogens with one attached hydrogen (secondary N) is 1. The molecule has 1 aromatic carbocycles. The van der Waals surface area contributed by atoms with Crippen LogP contribution in [0.2, 0.25) is 5.02 Å². The van der Waals surface area contributed by atoms with Crippen molar-refractivity contribution >= 4 is 23.5 Å². The molecule has 1 aromatic heterocycles. The summed E-state index contributed by atoms with van der Waals surface area (Å²) < 4.78 is 4.68. The average Bonchev–Trinajstić information content (AvgIpc) is 2.55. The number of amides is 1. The van der Waals surface area contributed by atoms with E-state index in [-0.39, 0.29) is 18.0 Å². The number of carbonyl (C=O) groups is 2. The van der Waals surface area contributed by atoms with Gasteiger partial charge >= 0.3 is 5.97 Å². The number of methoxy groups -OCH3 is 1. The fraction of sp³-hybridized carbons (Fsp3) is 0.188. The number of aromatic nitrogens is 1. The molecule has 1 atom stereocenters. The first-order valence-electron chi connectivity index (χ1n) is 6.65. The molecule has 0 radical (unpaired) electrons. The SMILES string of the molecule is COC(=O)CC(NC(=O)c1ccccn1)c1ccccc1Cl. The number of hydrogen-bond acceptors (Lipinski definition) is 4. The molecule has 0 aliphatic carbocycles. The van der Waals surface area contributed by atoms with Crippen LogP contribution < -0.4 is 5.32 Å². The monoisotopic (exact) mass is 318 g/mol. The van der Waals surface area contributed by atoms with Crippen molar-refractivity contribution in [1.29, 1.82) is 0 Å². The zero-order chi connectivity index (χ0) is 15.9. The third kappa shape index (κ3) is 4.05. The Morgan fingerprint density at radius 1 is 1.23 bits per heavy atom. The highest BCUT2D eigenvalue weighted by Gasteiger charge is 2.22. The lowest BCUT2D eigenvalue weighted by molar-refractivity contribution is -0.141. The van der Waals surface area contributed by atoms with E-state index in [4.69, 9.17) is 11.6 Å². The average molecular weight is 319 g/mol. The number of halogens is 1. The Kier molecular flexibility index (Phi) is 5.49. The number of rotatable bonds is 5. The number of hydrogen-bond donors (Lipinski definition) is 1. The third-order valence-electron chi connectivity index (χ3n) is 3.08. The Morgan fingerprint density at radius 3 is 2.59 bits per heavy atom. The summed E-state index contributed by atoms with van der Waals surface area (Å²) in [5.41, 5.74) is 0.920. The normalized spacial score (nSPS) is 11.5. The smallest absolute Gasteiger partial charge is 0.307 e. The largest absolute Gasteiger partial charge is 0.469 e. The summed E-state index contributed by atoms with van der Waals surface area (Å²) in [7, 11) is 1.30. The van der Waals surface area contributed by atoms with Gasteiger partial charge in [-0.3, -0.25) is 14.6 Å². The number of pyridine rings is 1. The van der Waals surface area contributed by atoms with Crippen molar-refractivity contribution in [2.24, 2.45) is 0 Å². The van der Waals surface area contributed by atoms with Gasteiger partial charge in [0.1, 0.15) is 5.69 Å². The summed E-state index contributed by atoms with van der Waals surface area (Å²) in [6.45, 7) is 0. The van der Waals surface area contributed by atoms with Gasteiger partial charge in [-0.25, -0.2) is 0 Å². The van der Waals surface area contributed by atoms with E-state index >= 15 is 0 Å². The van der Waals surface area contributed by atoms with Gasteiger partial charge in [0.15, 0.2) is 0 Å². The van der Waals surface area contributed by atoms with Crippen molar-refractivity contribution in [1.82, 2.24) is 10.3 Å². The number of benzene rings is 1. The number of nitrogens with zero attached hydrogens (tertiary/aromatic N) is 1. The fourth-order valence-electron chi connectivity index (χ4n) is 1.98. The second-order valence-corrected chi connectivity index (χ2v) is 4.95. The maximum absolute atomic E-state index is 12.2. The standard InChI is InChI=1S/C16H15ClN2O3/c1-22-15(20)10-14(11-6-2-3-7-12(11)17)19-16(21)13-8-4-5-9-18-13/h2-9,14H,10H2,1H3,(H,19,21). The van der Waals surface area contributed by atoms with E-state index < -0.39 is 12.0 Å². The molecule has 1 unspecified atom stereocenters. The second-order valence-electron chi connectivity index (χ2n) is 4.54. The molecule has 0 saturated carbocycles. The molecule has 0 aliphatic rings. The van der Waals surface area contributed by atoms with Crippen molar-refractivity contribution < 1.29 is 14.3 Å². The van der Waals surface area contributed by atoms with E-state index in [1.165, 1.54) is 13.3 Å². The lowest BCUT2D eigenvalue weighted by Gasteiger charge is -2.19. The molecular weight excluding hydrogens is 304 g/mol. The maximum Gasteiger partial charge on any atom is 0.307 e. The Morgan fingerprint density at radius 2 is 1.95 bits per heavy atom. The highest BCUT2D eigenvalue weighted by atomic mass is 35.5. The van der Waals surface area contributed by atoms with Gasteiger partial charge in [-0.15, -0.1) is 0 Å².